The molecule has 0 aliphatic rings. The second kappa shape index (κ2) is 6.32. The zero-order chi connectivity index (χ0) is 17.3. The van der Waals surface area contributed by atoms with E-state index in [-0.39, 0.29) is 24.1 Å². The molecule has 3 heterocycles. The van der Waals surface area contributed by atoms with E-state index in [0.717, 1.165) is 10.6 Å². The van der Waals surface area contributed by atoms with E-state index in [0.29, 0.717) is 10.9 Å². The van der Waals surface area contributed by atoms with Gasteiger partial charge in [0.25, 0.3) is 5.16 Å². The van der Waals surface area contributed by atoms with E-state index in [1.165, 1.54) is 6.20 Å². The Kier molecular flexibility index (Phi) is 4.36. The van der Waals surface area contributed by atoms with Crippen LogP contribution >= 0.6 is 15.9 Å². The minimum absolute atomic E-state index is 0.0448. The lowest BCUT2D eigenvalue weighted by atomic mass is 10.4. The van der Waals surface area contributed by atoms with Crippen LogP contribution in [0.3, 0.4) is 0 Å². The number of hydrogen-bond donors (Lipinski definition) is 2. The van der Waals surface area contributed by atoms with Crippen molar-refractivity contribution in [3.05, 3.63) is 23.8 Å². The van der Waals surface area contributed by atoms with Crippen LogP contribution in [0.2, 0.25) is 0 Å². The molecular weight excluding hydrogens is 409 g/mol. The summed E-state index contributed by atoms with van der Waals surface area (Å²) in [6, 6.07) is 0.762. The highest BCUT2D eigenvalue weighted by molar-refractivity contribution is 9.08. The second-order valence-electron chi connectivity index (χ2n) is 4.47. The molecule has 0 aromatic carbocycles. The van der Waals surface area contributed by atoms with Crippen LogP contribution in [0.25, 0.3) is 5.65 Å². The summed E-state index contributed by atoms with van der Waals surface area (Å²) >= 11 is 3.22. The van der Waals surface area contributed by atoms with Crippen molar-refractivity contribution in [2.45, 2.75) is 17.4 Å². The molecule has 0 fully saturated rings. The van der Waals surface area contributed by atoms with Crippen LogP contribution in [0, 0.1) is 5.95 Å². The number of alkyl halides is 1. The maximum atomic E-state index is 13.5. The van der Waals surface area contributed by atoms with Gasteiger partial charge in [-0.05, 0) is 6.92 Å². The summed E-state index contributed by atoms with van der Waals surface area (Å²) in [6.07, 6.45) is 1.47. The fourth-order valence-electron chi connectivity index (χ4n) is 1.83. The van der Waals surface area contributed by atoms with Gasteiger partial charge in [-0.1, -0.05) is 15.9 Å². The highest BCUT2D eigenvalue weighted by atomic mass is 79.9. The Morgan fingerprint density at radius 2 is 2.25 bits per heavy atom. The van der Waals surface area contributed by atoms with Crippen molar-refractivity contribution >= 4 is 37.4 Å². The van der Waals surface area contributed by atoms with Gasteiger partial charge >= 0.3 is 16.0 Å². The first-order valence-electron chi connectivity index (χ1n) is 6.61. The van der Waals surface area contributed by atoms with E-state index in [9.17, 15) is 12.8 Å². The van der Waals surface area contributed by atoms with E-state index in [1.54, 1.807) is 6.92 Å². The van der Waals surface area contributed by atoms with Crippen LogP contribution in [0.5, 0.6) is 6.01 Å². The molecule has 3 aromatic heterocycles. The fourth-order valence-corrected chi connectivity index (χ4v) is 3.20. The number of anilines is 1. The molecule has 0 amide bonds. The summed E-state index contributed by atoms with van der Waals surface area (Å²) < 4.78 is 46.8. The molecule has 0 saturated heterocycles. The Hall–Kier alpha value is -2.28. The van der Waals surface area contributed by atoms with Crippen LogP contribution in [0.4, 0.5) is 10.2 Å². The highest BCUT2D eigenvalue weighted by Gasteiger charge is 2.24. The quantitative estimate of drug-likeness (QED) is 0.451. The summed E-state index contributed by atoms with van der Waals surface area (Å²) in [7, 11) is -4.11. The first-order valence-corrected chi connectivity index (χ1v) is 9.22. The van der Waals surface area contributed by atoms with Gasteiger partial charge in [-0.2, -0.15) is 32.4 Å². The minimum atomic E-state index is -4.11. The van der Waals surface area contributed by atoms with Crippen molar-refractivity contribution in [2.24, 2.45) is 0 Å². The fraction of sp³-hybridized carbons (Fsp3) is 0.273. The Balaban J connectivity index is 2.03. The first-order chi connectivity index (χ1) is 11.4. The molecule has 0 atom stereocenters. The van der Waals surface area contributed by atoms with Gasteiger partial charge in [0, 0.05) is 17.0 Å². The largest absolute Gasteiger partial charge is 0.464 e. The van der Waals surface area contributed by atoms with Crippen LogP contribution in [-0.2, 0) is 15.4 Å². The van der Waals surface area contributed by atoms with Crippen LogP contribution < -0.4 is 9.46 Å². The first kappa shape index (κ1) is 16.6. The van der Waals surface area contributed by atoms with Crippen LogP contribution in [-0.4, -0.2) is 44.8 Å². The molecule has 0 aliphatic heterocycles. The van der Waals surface area contributed by atoms with Gasteiger partial charge in [0.2, 0.25) is 5.95 Å². The molecule has 10 nitrogen and oxygen atoms in total. The molecule has 128 valence electrons. The van der Waals surface area contributed by atoms with Gasteiger partial charge in [-0.15, -0.1) is 5.10 Å². The maximum Gasteiger partial charge on any atom is 0.322 e. The third kappa shape index (κ3) is 3.03. The van der Waals surface area contributed by atoms with Gasteiger partial charge < -0.3 is 4.74 Å². The van der Waals surface area contributed by atoms with Gasteiger partial charge in [0.05, 0.1) is 12.8 Å². The number of hydrogen-bond acceptors (Lipinski definition) is 7. The SMILES string of the molecule is CCOc1nc(F)cc2nc(S(=O)(=O)Nc3[nH]ncc3CBr)nn12. The normalized spacial score (nSPS) is 11.8. The predicted octanol–water partition coefficient (Wildman–Crippen LogP) is 1.08. The molecule has 3 aromatic rings. The molecule has 0 bridgehead atoms. The zero-order valence-corrected chi connectivity index (χ0v) is 14.6. The number of ether oxygens (including phenoxy) is 1. The number of halogens is 2. The number of nitrogens with one attached hydrogen (secondary N) is 2. The average molecular weight is 420 g/mol. The Morgan fingerprint density at radius 3 is 2.96 bits per heavy atom. The summed E-state index contributed by atoms with van der Waals surface area (Å²) in [4.78, 5) is 7.34. The summed E-state index contributed by atoms with van der Waals surface area (Å²) in [5.74, 6) is -0.675. The van der Waals surface area contributed by atoms with Gasteiger partial charge in [0.15, 0.2) is 5.65 Å². The van der Waals surface area contributed by atoms with E-state index in [1.807, 2.05) is 0 Å². The number of sulfonamides is 1. The number of aromatic nitrogens is 6. The Bertz CT molecular complexity index is 987. The van der Waals surface area contributed by atoms with Crippen LogP contribution in [0.15, 0.2) is 17.4 Å². The monoisotopic (exact) mass is 419 g/mol. The molecule has 0 unspecified atom stereocenters. The third-order valence-corrected chi connectivity index (χ3v) is 4.59. The lowest BCUT2D eigenvalue weighted by Crippen LogP contribution is -2.16. The molecule has 0 radical (unpaired) electrons. The van der Waals surface area contributed by atoms with E-state index in [4.69, 9.17) is 4.74 Å². The van der Waals surface area contributed by atoms with Gasteiger partial charge in [0.1, 0.15) is 5.82 Å². The number of nitrogens with zero attached hydrogens (tertiary/aromatic N) is 5. The highest BCUT2D eigenvalue weighted by Crippen LogP contribution is 2.19. The number of fused-ring (bicyclic) bond motifs is 1. The molecule has 13 heteroatoms. The average Bonchev–Trinajstić information content (AvgIpc) is 3.13. The third-order valence-electron chi connectivity index (χ3n) is 2.86. The molecule has 0 aliphatic carbocycles. The number of H-pyrrole nitrogens is 1. The minimum Gasteiger partial charge on any atom is -0.464 e. The zero-order valence-electron chi connectivity index (χ0n) is 12.2. The van der Waals surface area contributed by atoms with Crippen molar-refractivity contribution in [2.75, 3.05) is 11.3 Å². The Morgan fingerprint density at radius 1 is 1.46 bits per heavy atom. The lowest BCUT2D eigenvalue weighted by molar-refractivity contribution is 0.296. The Labute approximate surface area is 143 Å². The van der Waals surface area contributed by atoms with Crippen molar-refractivity contribution in [3.63, 3.8) is 0 Å². The number of rotatable bonds is 6. The molecule has 3 rings (SSSR count). The summed E-state index contributed by atoms with van der Waals surface area (Å²) in [6.45, 7) is 1.88. The lowest BCUT2D eigenvalue weighted by Gasteiger charge is -2.03. The van der Waals surface area contributed by atoms with Crippen molar-refractivity contribution in [1.82, 2.24) is 29.8 Å². The van der Waals surface area contributed by atoms with E-state index >= 15 is 0 Å². The molecule has 0 saturated carbocycles. The summed E-state index contributed by atoms with van der Waals surface area (Å²) in [5.41, 5.74) is 0.557. The van der Waals surface area contributed by atoms with Crippen molar-refractivity contribution < 1.29 is 17.5 Å². The van der Waals surface area contributed by atoms with E-state index < -0.39 is 21.1 Å². The molecule has 0 spiro atoms. The molecular formula is C11H11BrFN7O3S. The van der Waals surface area contributed by atoms with Crippen molar-refractivity contribution in [1.29, 1.82) is 0 Å². The van der Waals surface area contributed by atoms with Gasteiger partial charge in [-0.3, -0.25) is 9.82 Å². The van der Waals surface area contributed by atoms with Crippen LogP contribution in [0.1, 0.15) is 12.5 Å². The molecule has 2 N–H and O–H groups in total. The molecule has 24 heavy (non-hydrogen) atoms. The van der Waals surface area contributed by atoms with Gasteiger partial charge in [-0.25, -0.2) is 0 Å². The maximum absolute atomic E-state index is 13.5. The summed E-state index contributed by atoms with van der Waals surface area (Å²) in [5, 5.41) is 9.96. The standard InChI is InChI=1S/C11H11BrFN7O3S/c1-2-23-11-15-7(13)3-8-16-10(18-20(8)11)24(21,22)19-9-6(4-12)5-14-17-9/h3,5H,2,4H2,1H3,(H2,14,17,19). The predicted molar refractivity (Wildman–Crippen MR) is 83.9 cm³/mol. The smallest absolute Gasteiger partial charge is 0.322 e. The van der Waals surface area contributed by atoms with E-state index in [2.05, 4.69) is 45.9 Å². The number of aromatic amines is 1. The second-order valence-corrected chi connectivity index (χ2v) is 6.61. The van der Waals surface area contributed by atoms with Crippen molar-refractivity contribution in [3.8, 4) is 6.01 Å². The topological polar surface area (TPSA) is 127 Å².